The third-order valence-corrected chi connectivity index (χ3v) is 1.43. The number of aliphatic carboxylic acids is 1. The molecule has 1 aromatic rings. The van der Waals surface area contributed by atoms with Crippen LogP contribution in [-0.4, -0.2) is 20.7 Å². The van der Waals surface area contributed by atoms with Crippen LogP contribution in [0.3, 0.4) is 0 Å². The lowest BCUT2D eigenvalue weighted by Gasteiger charge is -1.96. The Labute approximate surface area is 63.7 Å². The summed E-state index contributed by atoms with van der Waals surface area (Å²) in [5, 5.41) is 17.3. The van der Waals surface area contributed by atoms with Crippen molar-refractivity contribution >= 4 is 5.97 Å². The highest BCUT2D eigenvalue weighted by Gasteiger charge is 2.05. The van der Waals surface area contributed by atoms with Gasteiger partial charge in [0.25, 0.3) is 0 Å². The zero-order valence-corrected chi connectivity index (χ0v) is 6.11. The van der Waals surface area contributed by atoms with E-state index in [-0.39, 0.29) is 12.2 Å². The molecule has 0 aromatic carbocycles. The third kappa shape index (κ3) is 1.73. The number of nitrogens with zero attached hydrogens (tertiary/aromatic N) is 1. The van der Waals surface area contributed by atoms with Crippen LogP contribution in [0, 0.1) is 0 Å². The van der Waals surface area contributed by atoms with Gasteiger partial charge in [-0.25, -0.2) is 0 Å². The maximum Gasteiger partial charge on any atom is 0.309 e. The number of rotatable bonds is 2. The number of carboxylic acids is 1. The minimum Gasteiger partial charge on any atom is -0.506 e. The molecule has 0 amide bonds. The summed E-state index contributed by atoms with van der Waals surface area (Å²) in [7, 11) is 1.69. The van der Waals surface area contributed by atoms with Crippen molar-refractivity contribution in [2.45, 2.75) is 6.42 Å². The van der Waals surface area contributed by atoms with E-state index in [4.69, 9.17) is 10.2 Å². The molecule has 0 aliphatic carbocycles. The van der Waals surface area contributed by atoms with E-state index >= 15 is 0 Å². The van der Waals surface area contributed by atoms with Gasteiger partial charge in [0.15, 0.2) is 0 Å². The van der Waals surface area contributed by atoms with E-state index in [1.807, 2.05) is 0 Å². The van der Waals surface area contributed by atoms with Gasteiger partial charge >= 0.3 is 5.97 Å². The highest BCUT2D eigenvalue weighted by Crippen LogP contribution is 2.13. The Morgan fingerprint density at radius 2 is 2.36 bits per heavy atom. The van der Waals surface area contributed by atoms with E-state index in [9.17, 15) is 4.79 Å². The molecular weight excluding hydrogens is 146 g/mol. The average molecular weight is 155 g/mol. The predicted molar refractivity (Wildman–Crippen MR) is 38.4 cm³/mol. The quantitative estimate of drug-likeness (QED) is 0.648. The molecule has 0 aliphatic rings. The van der Waals surface area contributed by atoms with E-state index in [2.05, 4.69) is 0 Å². The summed E-state index contributed by atoms with van der Waals surface area (Å²) < 4.78 is 1.59. The first-order valence-corrected chi connectivity index (χ1v) is 3.15. The summed E-state index contributed by atoms with van der Waals surface area (Å²) in [6.07, 6.45) is 1.41. The summed E-state index contributed by atoms with van der Waals surface area (Å²) in [6, 6.07) is 1.44. The molecule has 60 valence electrons. The molecule has 0 fully saturated rings. The molecule has 0 saturated carbocycles. The zero-order valence-electron chi connectivity index (χ0n) is 6.11. The fraction of sp³-hybridized carbons (Fsp3) is 0.286. The van der Waals surface area contributed by atoms with Crippen molar-refractivity contribution in [3.05, 3.63) is 18.0 Å². The Balaban J connectivity index is 2.85. The zero-order chi connectivity index (χ0) is 8.43. The molecule has 0 bridgehead atoms. The van der Waals surface area contributed by atoms with Crippen LogP contribution >= 0.6 is 0 Å². The number of aromatic hydroxyl groups is 1. The second-order valence-electron chi connectivity index (χ2n) is 2.37. The van der Waals surface area contributed by atoms with Crippen molar-refractivity contribution in [3.63, 3.8) is 0 Å². The lowest BCUT2D eigenvalue weighted by Crippen LogP contribution is -2.04. The Bertz CT molecular complexity index is 277. The van der Waals surface area contributed by atoms with Gasteiger partial charge in [-0.2, -0.15) is 0 Å². The van der Waals surface area contributed by atoms with Crippen molar-refractivity contribution < 1.29 is 15.0 Å². The Kier molecular flexibility index (Phi) is 1.85. The molecular formula is C7H9NO3. The van der Waals surface area contributed by atoms with Gasteiger partial charge in [0.05, 0.1) is 6.42 Å². The van der Waals surface area contributed by atoms with Crippen LogP contribution in [0.1, 0.15) is 5.69 Å². The van der Waals surface area contributed by atoms with Crippen LogP contribution in [-0.2, 0) is 18.3 Å². The molecule has 2 N–H and O–H groups in total. The van der Waals surface area contributed by atoms with Crippen molar-refractivity contribution in [3.8, 4) is 5.75 Å². The van der Waals surface area contributed by atoms with Gasteiger partial charge < -0.3 is 14.8 Å². The van der Waals surface area contributed by atoms with E-state index < -0.39 is 5.97 Å². The summed E-state index contributed by atoms with van der Waals surface area (Å²) in [6.45, 7) is 0. The van der Waals surface area contributed by atoms with E-state index in [1.165, 1.54) is 12.3 Å². The molecule has 1 heterocycles. The molecule has 1 rings (SSSR count). The molecule has 1 aromatic heterocycles. The summed E-state index contributed by atoms with van der Waals surface area (Å²) in [5.74, 6) is -0.796. The molecule has 0 radical (unpaired) electrons. The average Bonchev–Trinajstić information content (AvgIpc) is 2.09. The highest BCUT2D eigenvalue weighted by molar-refractivity contribution is 5.69. The van der Waals surface area contributed by atoms with Crippen LogP contribution in [0.15, 0.2) is 12.3 Å². The Morgan fingerprint density at radius 1 is 1.73 bits per heavy atom. The van der Waals surface area contributed by atoms with E-state index in [1.54, 1.807) is 11.6 Å². The second-order valence-corrected chi connectivity index (χ2v) is 2.37. The predicted octanol–water partition coefficient (Wildman–Crippen LogP) is 0.358. The topological polar surface area (TPSA) is 62.5 Å². The van der Waals surface area contributed by atoms with Crippen molar-refractivity contribution in [1.82, 2.24) is 4.57 Å². The van der Waals surface area contributed by atoms with E-state index in [0.29, 0.717) is 5.69 Å². The first-order chi connectivity index (χ1) is 5.09. The maximum absolute atomic E-state index is 10.2. The van der Waals surface area contributed by atoms with Gasteiger partial charge in [-0.05, 0) is 0 Å². The largest absolute Gasteiger partial charge is 0.506 e. The normalized spacial score (nSPS) is 9.91. The molecule has 0 spiro atoms. The van der Waals surface area contributed by atoms with Gasteiger partial charge in [0, 0.05) is 25.0 Å². The number of hydrogen-bond acceptors (Lipinski definition) is 2. The van der Waals surface area contributed by atoms with E-state index in [0.717, 1.165) is 0 Å². The standard InChI is InChI=1S/C7H9NO3/c1-8-4-6(9)2-5(8)3-7(10)11/h2,4,9H,3H2,1H3,(H,10,11). The minimum absolute atomic E-state index is 0.0585. The number of hydrogen-bond donors (Lipinski definition) is 2. The van der Waals surface area contributed by atoms with Gasteiger partial charge in [0.1, 0.15) is 5.75 Å². The lowest BCUT2D eigenvalue weighted by molar-refractivity contribution is -0.136. The van der Waals surface area contributed by atoms with Crippen LogP contribution in [0.5, 0.6) is 5.75 Å². The number of carboxylic acid groups (broad SMARTS) is 1. The monoisotopic (exact) mass is 155 g/mol. The smallest absolute Gasteiger partial charge is 0.309 e. The Morgan fingerprint density at radius 3 is 2.73 bits per heavy atom. The molecule has 11 heavy (non-hydrogen) atoms. The first kappa shape index (κ1) is 7.65. The van der Waals surface area contributed by atoms with Gasteiger partial charge in [-0.15, -0.1) is 0 Å². The molecule has 0 saturated heterocycles. The fourth-order valence-electron chi connectivity index (χ4n) is 0.922. The fourth-order valence-corrected chi connectivity index (χ4v) is 0.922. The van der Waals surface area contributed by atoms with Crippen LogP contribution < -0.4 is 0 Å². The third-order valence-electron chi connectivity index (χ3n) is 1.43. The van der Waals surface area contributed by atoms with Gasteiger partial charge in [-0.1, -0.05) is 0 Å². The SMILES string of the molecule is Cn1cc(O)cc1CC(=O)O. The molecule has 4 heteroatoms. The number of aryl methyl sites for hydroxylation is 1. The van der Waals surface area contributed by atoms with Gasteiger partial charge in [0.2, 0.25) is 0 Å². The van der Waals surface area contributed by atoms with Crippen molar-refractivity contribution in [2.75, 3.05) is 0 Å². The Hall–Kier alpha value is -1.45. The van der Waals surface area contributed by atoms with Gasteiger partial charge in [-0.3, -0.25) is 4.79 Å². The van der Waals surface area contributed by atoms with Crippen LogP contribution in [0.4, 0.5) is 0 Å². The molecule has 0 unspecified atom stereocenters. The van der Waals surface area contributed by atoms with Crippen molar-refractivity contribution in [2.24, 2.45) is 7.05 Å². The van der Waals surface area contributed by atoms with Crippen molar-refractivity contribution in [1.29, 1.82) is 0 Å². The maximum atomic E-state index is 10.2. The molecule has 4 nitrogen and oxygen atoms in total. The first-order valence-electron chi connectivity index (χ1n) is 3.15. The van der Waals surface area contributed by atoms with Crippen LogP contribution in [0.2, 0.25) is 0 Å². The highest BCUT2D eigenvalue weighted by atomic mass is 16.4. The van der Waals surface area contributed by atoms with Crippen LogP contribution in [0.25, 0.3) is 0 Å². The lowest BCUT2D eigenvalue weighted by atomic mass is 10.3. The molecule has 0 atom stereocenters. The molecule has 0 aliphatic heterocycles. The summed E-state index contributed by atoms with van der Waals surface area (Å²) in [5.41, 5.74) is 0.593. The second kappa shape index (κ2) is 2.65. The summed E-state index contributed by atoms with van der Waals surface area (Å²) >= 11 is 0. The number of carbonyl (C=O) groups is 1. The number of aromatic nitrogens is 1. The minimum atomic E-state index is -0.897. The summed E-state index contributed by atoms with van der Waals surface area (Å²) in [4.78, 5) is 10.2.